The minimum atomic E-state index is -0.631. The molecule has 1 aromatic carbocycles. The van der Waals surface area contributed by atoms with Crippen molar-refractivity contribution in [2.75, 3.05) is 14.2 Å². The lowest BCUT2D eigenvalue weighted by Gasteiger charge is -2.18. The summed E-state index contributed by atoms with van der Waals surface area (Å²) in [5.74, 6) is -0.335. The molecular formula is C25H24ClFN4O5. The van der Waals surface area contributed by atoms with E-state index >= 15 is 0 Å². The van der Waals surface area contributed by atoms with Crippen molar-refractivity contribution < 1.29 is 23.4 Å². The third-order valence-electron chi connectivity index (χ3n) is 5.61. The molecule has 0 radical (unpaired) electrons. The molecule has 0 saturated carbocycles. The van der Waals surface area contributed by atoms with Crippen molar-refractivity contribution in [3.8, 4) is 39.8 Å². The van der Waals surface area contributed by atoms with Crippen molar-refractivity contribution in [2.45, 2.75) is 32.6 Å². The van der Waals surface area contributed by atoms with Gasteiger partial charge in [0.1, 0.15) is 28.6 Å². The lowest BCUT2D eigenvalue weighted by Crippen LogP contribution is -2.14. The number of benzene rings is 1. The largest absolute Gasteiger partial charge is 0.506 e. The number of aromatic amines is 1. The SMILES string of the molecule is CCCCc1[nH]c(=O)c(-c2nnc(Cc3ncc(Cl)cc3F)o2)c(O)c1-c1c(OC)cccc1OC. The van der Waals surface area contributed by atoms with E-state index in [9.17, 15) is 14.3 Å². The van der Waals surface area contributed by atoms with E-state index < -0.39 is 11.4 Å². The molecule has 0 aliphatic rings. The monoisotopic (exact) mass is 514 g/mol. The molecule has 188 valence electrons. The van der Waals surface area contributed by atoms with Crippen LogP contribution in [0.4, 0.5) is 4.39 Å². The van der Waals surface area contributed by atoms with Crippen LogP contribution in [0.2, 0.25) is 5.02 Å². The number of unbranched alkanes of at least 4 members (excludes halogenated alkanes) is 1. The quantitative estimate of drug-likeness (QED) is 0.322. The Morgan fingerprint density at radius 2 is 1.86 bits per heavy atom. The lowest BCUT2D eigenvalue weighted by atomic mass is 9.96. The molecule has 3 heterocycles. The molecule has 0 aliphatic heterocycles. The van der Waals surface area contributed by atoms with Gasteiger partial charge in [-0.2, -0.15) is 0 Å². The van der Waals surface area contributed by atoms with E-state index in [1.165, 1.54) is 20.4 Å². The highest BCUT2D eigenvalue weighted by Crippen LogP contribution is 2.46. The topological polar surface area (TPSA) is 123 Å². The van der Waals surface area contributed by atoms with Gasteiger partial charge in [-0.05, 0) is 31.0 Å². The van der Waals surface area contributed by atoms with Gasteiger partial charge in [0.25, 0.3) is 11.4 Å². The van der Waals surface area contributed by atoms with Crippen molar-refractivity contribution >= 4 is 11.6 Å². The van der Waals surface area contributed by atoms with Crippen LogP contribution in [0.5, 0.6) is 17.2 Å². The van der Waals surface area contributed by atoms with Crippen molar-refractivity contribution in [1.82, 2.24) is 20.2 Å². The molecule has 0 bridgehead atoms. The molecule has 0 amide bonds. The number of H-pyrrole nitrogens is 1. The van der Waals surface area contributed by atoms with Crippen molar-refractivity contribution in [1.29, 1.82) is 0 Å². The van der Waals surface area contributed by atoms with Crippen LogP contribution in [-0.2, 0) is 12.8 Å². The second kappa shape index (κ2) is 10.8. The van der Waals surface area contributed by atoms with E-state index in [1.807, 2.05) is 6.92 Å². The van der Waals surface area contributed by atoms with Gasteiger partial charge in [0.05, 0.1) is 42.5 Å². The van der Waals surface area contributed by atoms with E-state index in [4.69, 9.17) is 25.5 Å². The number of ether oxygens (including phenoxy) is 2. The Hall–Kier alpha value is -3.92. The zero-order valence-corrected chi connectivity index (χ0v) is 20.6. The summed E-state index contributed by atoms with van der Waals surface area (Å²) >= 11 is 5.75. The molecule has 11 heteroatoms. The Bertz CT molecular complexity index is 1430. The van der Waals surface area contributed by atoms with Crippen LogP contribution in [0.1, 0.15) is 37.0 Å². The van der Waals surface area contributed by atoms with Crippen LogP contribution < -0.4 is 15.0 Å². The molecule has 0 fully saturated rings. The van der Waals surface area contributed by atoms with Gasteiger partial charge in [-0.25, -0.2) is 4.39 Å². The Balaban J connectivity index is 1.86. The van der Waals surface area contributed by atoms with Gasteiger partial charge in [0.2, 0.25) is 5.89 Å². The number of hydrogen-bond donors (Lipinski definition) is 2. The molecule has 2 N–H and O–H groups in total. The Kier molecular flexibility index (Phi) is 7.54. The summed E-state index contributed by atoms with van der Waals surface area (Å²) < 4.78 is 30.9. The number of nitrogens with one attached hydrogen (secondary N) is 1. The first-order valence-electron chi connectivity index (χ1n) is 11.2. The van der Waals surface area contributed by atoms with Gasteiger partial charge in [-0.1, -0.05) is 31.0 Å². The van der Waals surface area contributed by atoms with Crippen molar-refractivity contribution in [3.63, 3.8) is 0 Å². The van der Waals surface area contributed by atoms with Crippen molar-refractivity contribution in [2.24, 2.45) is 0 Å². The van der Waals surface area contributed by atoms with E-state index in [0.717, 1.165) is 18.9 Å². The summed E-state index contributed by atoms with van der Waals surface area (Å²) in [6, 6.07) is 6.33. The van der Waals surface area contributed by atoms with E-state index in [0.29, 0.717) is 34.7 Å². The number of aromatic nitrogens is 4. The van der Waals surface area contributed by atoms with Gasteiger partial charge in [0, 0.05) is 11.9 Å². The number of methoxy groups -OCH3 is 2. The zero-order chi connectivity index (χ0) is 25.8. The average molecular weight is 515 g/mol. The molecule has 3 aromatic heterocycles. The number of pyridine rings is 2. The van der Waals surface area contributed by atoms with Gasteiger partial charge >= 0.3 is 0 Å². The molecule has 4 rings (SSSR count). The van der Waals surface area contributed by atoms with E-state index in [2.05, 4.69) is 20.2 Å². The standard InChI is InChI=1S/C25H24ClFN4O5/c1-4-5-7-15-20(21-17(34-2)8-6-9-18(21)35-3)23(32)22(24(33)29-15)25-31-30-19(36-25)11-16-14(27)10-13(26)12-28-16/h6,8-10,12H,4-5,7,11H2,1-3H3,(H2,29,32,33). The van der Waals surface area contributed by atoms with Crippen LogP contribution in [0.25, 0.3) is 22.6 Å². The minimum Gasteiger partial charge on any atom is -0.506 e. The second-order valence-corrected chi connectivity index (χ2v) is 8.37. The number of aromatic hydroxyl groups is 1. The van der Waals surface area contributed by atoms with Crippen LogP contribution in [0.3, 0.4) is 0 Å². The maximum absolute atomic E-state index is 14.2. The third-order valence-corrected chi connectivity index (χ3v) is 5.82. The Labute approximate surface area is 210 Å². The second-order valence-electron chi connectivity index (χ2n) is 7.93. The van der Waals surface area contributed by atoms with Gasteiger partial charge in [0.15, 0.2) is 0 Å². The van der Waals surface area contributed by atoms with Crippen LogP contribution in [0, 0.1) is 5.82 Å². The van der Waals surface area contributed by atoms with Crippen molar-refractivity contribution in [3.05, 3.63) is 68.9 Å². The number of rotatable bonds is 9. The highest BCUT2D eigenvalue weighted by Gasteiger charge is 2.27. The predicted octanol–water partition coefficient (Wildman–Crippen LogP) is 4.94. The molecule has 0 saturated heterocycles. The summed E-state index contributed by atoms with van der Waals surface area (Å²) in [4.78, 5) is 19.9. The summed E-state index contributed by atoms with van der Waals surface area (Å²) in [6.07, 6.45) is 3.30. The number of nitrogens with zero attached hydrogens (tertiary/aromatic N) is 3. The van der Waals surface area contributed by atoms with E-state index in [1.54, 1.807) is 18.2 Å². The Morgan fingerprint density at radius 1 is 1.14 bits per heavy atom. The zero-order valence-electron chi connectivity index (χ0n) is 19.9. The lowest BCUT2D eigenvalue weighted by molar-refractivity contribution is 0.396. The first-order chi connectivity index (χ1) is 17.4. The highest BCUT2D eigenvalue weighted by molar-refractivity contribution is 6.30. The fraction of sp³-hybridized carbons (Fsp3) is 0.280. The molecule has 4 aromatic rings. The molecule has 0 spiro atoms. The number of halogens is 2. The first-order valence-corrected chi connectivity index (χ1v) is 11.6. The maximum Gasteiger partial charge on any atom is 0.264 e. The maximum atomic E-state index is 14.2. The minimum absolute atomic E-state index is 0.00371. The predicted molar refractivity (Wildman–Crippen MR) is 131 cm³/mol. The number of aryl methyl sites for hydroxylation is 1. The summed E-state index contributed by atoms with van der Waals surface area (Å²) in [7, 11) is 3.00. The van der Waals surface area contributed by atoms with Gasteiger partial charge in [-0.3, -0.25) is 9.78 Å². The fourth-order valence-corrected chi connectivity index (χ4v) is 4.03. The first kappa shape index (κ1) is 25.2. The highest BCUT2D eigenvalue weighted by atomic mass is 35.5. The molecule has 9 nitrogen and oxygen atoms in total. The van der Waals surface area contributed by atoms with Gasteiger partial charge < -0.3 is 24.0 Å². The molecule has 36 heavy (non-hydrogen) atoms. The smallest absolute Gasteiger partial charge is 0.264 e. The molecule has 0 atom stereocenters. The van der Waals surface area contributed by atoms with Crippen LogP contribution in [-0.4, -0.2) is 39.5 Å². The van der Waals surface area contributed by atoms with Crippen LogP contribution in [0.15, 0.2) is 39.7 Å². The fourth-order valence-electron chi connectivity index (χ4n) is 3.89. The third kappa shape index (κ3) is 4.90. The molecule has 0 aliphatic carbocycles. The van der Waals surface area contributed by atoms with Gasteiger partial charge in [-0.15, -0.1) is 10.2 Å². The number of hydrogen-bond acceptors (Lipinski definition) is 8. The summed E-state index contributed by atoms with van der Waals surface area (Å²) in [5.41, 5.74) is 0.525. The van der Waals surface area contributed by atoms with E-state index in [-0.39, 0.29) is 40.2 Å². The summed E-state index contributed by atoms with van der Waals surface area (Å²) in [5, 5.41) is 19.4. The Morgan fingerprint density at radius 3 is 2.50 bits per heavy atom. The normalized spacial score (nSPS) is 11.0. The molecule has 0 unspecified atom stereocenters. The average Bonchev–Trinajstić information content (AvgIpc) is 3.32. The summed E-state index contributed by atoms with van der Waals surface area (Å²) in [6.45, 7) is 2.02. The molecular weight excluding hydrogens is 491 g/mol. The van der Waals surface area contributed by atoms with Crippen LogP contribution >= 0.6 is 11.6 Å².